The number of imidazole rings is 1. The lowest BCUT2D eigenvalue weighted by atomic mass is 10.1. The standard InChI is InChI=1S/C17H20N4O3S/c1-11(14-8-13(23-2)4-5-15(14)24-3)19-16(22)18-9-12-10-21-6-7-25-17(21)20-12/h4-8,10-11H,9H2,1-3H3,(H2,18,19,22). The van der Waals surface area contributed by atoms with Gasteiger partial charge in [-0.2, -0.15) is 0 Å². The number of nitrogens with one attached hydrogen (secondary N) is 2. The minimum Gasteiger partial charge on any atom is -0.497 e. The number of ether oxygens (including phenoxy) is 2. The molecule has 0 saturated heterocycles. The molecule has 2 amide bonds. The average Bonchev–Trinajstić information content (AvgIpc) is 3.20. The SMILES string of the molecule is COc1ccc(OC)c(C(C)NC(=O)NCc2cn3ccsc3n2)c1. The molecular weight excluding hydrogens is 340 g/mol. The first-order chi connectivity index (χ1) is 12.1. The van der Waals surface area contributed by atoms with Crippen molar-refractivity contribution in [1.82, 2.24) is 20.0 Å². The first kappa shape index (κ1) is 17.1. The van der Waals surface area contributed by atoms with Gasteiger partial charge in [-0.25, -0.2) is 9.78 Å². The summed E-state index contributed by atoms with van der Waals surface area (Å²) < 4.78 is 12.5. The molecule has 1 atom stereocenters. The molecule has 0 radical (unpaired) electrons. The number of fused-ring (bicyclic) bond motifs is 1. The van der Waals surface area contributed by atoms with Crippen LogP contribution in [0.25, 0.3) is 4.96 Å². The van der Waals surface area contributed by atoms with Crippen molar-refractivity contribution >= 4 is 22.3 Å². The number of amides is 2. The fourth-order valence-corrected chi connectivity index (χ4v) is 3.25. The minimum atomic E-state index is -0.270. The molecule has 25 heavy (non-hydrogen) atoms. The lowest BCUT2D eigenvalue weighted by molar-refractivity contribution is 0.237. The van der Waals surface area contributed by atoms with Crippen LogP contribution in [0, 0.1) is 0 Å². The number of thiazole rings is 1. The zero-order chi connectivity index (χ0) is 17.8. The van der Waals surface area contributed by atoms with E-state index in [1.54, 1.807) is 25.6 Å². The molecular formula is C17H20N4O3S. The van der Waals surface area contributed by atoms with Gasteiger partial charge in [-0.05, 0) is 25.1 Å². The van der Waals surface area contributed by atoms with Crippen LogP contribution in [0.2, 0.25) is 0 Å². The maximum absolute atomic E-state index is 12.2. The first-order valence-electron chi connectivity index (χ1n) is 7.78. The molecule has 1 unspecified atom stereocenters. The Labute approximate surface area is 149 Å². The van der Waals surface area contributed by atoms with Crippen LogP contribution in [-0.4, -0.2) is 29.6 Å². The molecule has 2 heterocycles. The molecule has 0 bridgehead atoms. The summed E-state index contributed by atoms with van der Waals surface area (Å²) in [6.45, 7) is 2.26. The Balaban J connectivity index is 1.61. The normalized spacial score (nSPS) is 12.0. The highest BCUT2D eigenvalue weighted by Gasteiger charge is 2.15. The van der Waals surface area contributed by atoms with Crippen molar-refractivity contribution in [3.8, 4) is 11.5 Å². The van der Waals surface area contributed by atoms with E-state index in [1.807, 2.05) is 47.3 Å². The lowest BCUT2D eigenvalue weighted by Gasteiger charge is -2.18. The molecule has 7 nitrogen and oxygen atoms in total. The Bertz CT molecular complexity index is 845. The third kappa shape index (κ3) is 3.85. The van der Waals surface area contributed by atoms with Gasteiger partial charge in [-0.15, -0.1) is 11.3 Å². The predicted octanol–water partition coefficient (Wildman–Crippen LogP) is 2.97. The molecule has 0 aliphatic heterocycles. The van der Waals surface area contributed by atoms with E-state index < -0.39 is 0 Å². The van der Waals surface area contributed by atoms with E-state index in [0.717, 1.165) is 16.2 Å². The van der Waals surface area contributed by atoms with Crippen LogP contribution in [-0.2, 0) is 6.54 Å². The second kappa shape index (κ2) is 7.43. The number of aromatic nitrogens is 2. The number of rotatable bonds is 6. The summed E-state index contributed by atoms with van der Waals surface area (Å²) in [6.07, 6.45) is 3.84. The van der Waals surface area contributed by atoms with Crippen LogP contribution >= 0.6 is 11.3 Å². The van der Waals surface area contributed by atoms with Crippen molar-refractivity contribution in [2.45, 2.75) is 19.5 Å². The van der Waals surface area contributed by atoms with E-state index in [4.69, 9.17) is 9.47 Å². The maximum Gasteiger partial charge on any atom is 0.315 e. The van der Waals surface area contributed by atoms with E-state index in [9.17, 15) is 4.79 Å². The Kier molecular flexibility index (Phi) is 5.08. The zero-order valence-electron chi connectivity index (χ0n) is 14.3. The molecule has 3 aromatic rings. The van der Waals surface area contributed by atoms with Crippen LogP contribution in [0.3, 0.4) is 0 Å². The van der Waals surface area contributed by atoms with Crippen LogP contribution in [0.1, 0.15) is 24.2 Å². The van der Waals surface area contributed by atoms with Crippen LogP contribution < -0.4 is 20.1 Å². The number of hydrogen-bond donors (Lipinski definition) is 2. The highest BCUT2D eigenvalue weighted by atomic mass is 32.1. The van der Waals surface area contributed by atoms with Gasteiger partial charge in [0.2, 0.25) is 0 Å². The van der Waals surface area contributed by atoms with Crippen molar-refractivity contribution in [3.63, 3.8) is 0 Å². The molecule has 132 valence electrons. The summed E-state index contributed by atoms with van der Waals surface area (Å²) in [5.74, 6) is 1.41. The Morgan fingerprint density at radius 2 is 2.20 bits per heavy atom. The van der Waals surface area contributed by atoms with Crippen LogP contribution in [0.15, 0.2) is 36.0 Å². The van der Waals surface area contributed by atoms with E-state index in [-0.39, 0.29) is 12.1 Å². The zero-order valence-corrected chi connectivity index (χ0v) is 15.1. The minimum absolute atomic E-state index is 0.240. The summed E-state index contributed by atoms with van der Waals surface area (Å²) >= 11 is 1.56. The van der Waals surface area contributed by atoms with Crippen molar-refractivity contribution < 1.29 is 14.3 Å². The number of benzene rings is 1. The average molecular weight is 360 g/mol. The Morgan fingerprint density at radius 1 is 1.36 bits per heavy atom. The first-order valence-corrected chi connectivity index (χ1v) is 8.66. The lowest BCUT2D eigenvalue weighted by Crippen LogP contribution is -2.36. The van der Waals surface area contributed by atoms with Gasteiger partial charge in [-0.1, -0.05) is 0 Å². The molecule has 0 saturated carbocycles. The van der Waals surface area contributed by atoms with Crippen molar-refractivity contribution in [2.75, 3.05) is 14.2 Å². The van der Waals surface area contributed by atoms with Gasteiger partial charge < -0.3 is 20.1 Å². The second-order valence-electron chi connectivity index (χ2n) is 5.48. The topological polar surface area (TPSA) is 76.9 Å². The van der Waals surface area contributed by atoms with Gasteiger partial charge in [0.05, 0.1) is 32.5 Å². The van der Waals surface area contributed by atoms with Crippen molar-refractivity contribution in [3.05, 3.63) is 47.2 Å². The molecule has 1 aromatic carbocycles. The molecule has 8 heteroatoms. The maximum atomic E-state index is 12.2. The molecule has 3 rings (SSSR count). The van der Waals surface area contributed by atoms with E-state index in [0.29, 0.717) is 18.0 Å². The fraction of sp³-hybridized carbons (Fsp3) is 0.294. The number of urea groups is 1. The van der Waals surface area contributed by atoms with Crippen LogP contribution in [0.5, 0.6) is 11.5 Å². The smallest absolute Gasteiger partial charge is 0.315 e. The van der Waals surface area contributed by atoms with Gasteiger partial charge in [-0.3, -0.25) is 4.40 Å². The molecule has 0 aliphatic rings. The number of hydrogen-bond acceptors (Lipinski definition) is 5. The quantitative estimate of drug-likeness (QED) is 0.708. The monoisotopic (exact) mass is 360 g/mol. The van der Waals surface area contributed by atoms with Gasteiger partial charge in [0.25, 0.3) is 0 Å². The third-order valence-electron chi connectivity index (χ3n) is 3.82. The summed E-state index contributed by atoms with van der Waals surface area (Å²) in [7, 11) is 3.20. The third-order valence-corrected chi connectivity index (χ3v) is 4.59. The van der Waals surface area contributed by atoms with Gasteiger partial charge in [0.15, 0.2) is 4.96 Å². The molecule has 0 spiro atoms. The Hall–Kier alpha value is -2.74. The summed E-state index contributed by atoms with van der Waals surface area (Å²) in [4.78, 5) is 17.5. The number of nitrogens with zero attached hydrogens (tertiary/aromatic N) is 2. The van der Waals surface area contributed by atoms with Gasteiger partial charge in [0, 0.05) is 23.3 Å². The van der Waals surface area contributed by atoms with Gasteiger partial charge >= 0.3 is 6.03 Å². The number of methoxy groups -OCH3 is 2. The largest absolute Gasteiger partial charge is 0.497 e. The van der Waals surface area contributed by atoms with Crippen molar-refractivity contribution in [2.24, 2.45) is 0 Å². The fourth-order valence-electron chi connectivity index (χ4n) is 2.54. The molecule has 0 aliphatic carbocycles. The van der Waals surface area contributed by atoms with Crippen LogP contribution in [0.4, 0.5) is 4.79 Å². The highest BCUT2D eigenvalue weighted by Crippen LogP contribution is 2.29. The van der Waals surface area contributed by atoms with Crippen molar-refractivity contribution in [1.29, 1.82) is 0 Å². The highest BCUT2D eigenvalue weighted by molar-refractivity contribution is 7.15. The summed E-state index contributed by atoms with van der Waals surface area (Å²) in [6, 6.07) is 4.98. The molecule has 2 aromatic heterocycles. The van der Waals surface area contributed by atoms with Gasteiger partial charge in [0.1, 0.15) is 11.5 Å². The predicted molar refractivity (Wildman–Crippen MR) is 96.4 cm³/mol. The van der Waals surface area contributed by atoms with E-state index in [2.05, 4.69) is 15.6 Å². The summed E-state index contributed by atoms with van der Waals surface area (Å²) in [5, 5.41) is 7.69. The molecule has 0 fully saturated rings. The second-order valence-corrected chi connectivity index (χ2v) is 6.35. The number of carbonyl (C=O) groups excluding carboxylic acids is 1. The number of carbonyl (C=O) groups is 1. The molecule has 2 N–H and O–H groups in total. The van der Waals surface area contributed by atoms with E-state index >= 15 is 0 Å². The summed E-state index contributed by atoms with van der Waals surface area (Å²) in [5.41, 5.74) is 1.66. The van der Waals surface area contributed by atoms with E-state index in [1.165, 1.54) is 0 Å². The Morgan fingerprint density at radius 3 is 2.92 bits per heavy atom.